The third kappa shape index (κ3) is 1.88. The van der Waals surface area contributed by atoms with Crippen molar-refractivity contribution in [3.8, 4) is 0 Å². The van der Waals surface area contributed by atoms with Crippen molar-refractivity contribution >= 4 is 10.9 Å². The molecule has 2 aromatic rings. The molecule has 80 valence electrons. The second-order valence-corrected chi connectivity index (χ2v) is 4.31. The summed E-state index contributed by atoms with van der Waals surface area (Å²) in [6, 6.07) is 6.69. The molecule has 0 aliphatic rings. The lowest BCUT2D eigenvalue weighted by atomic mass is 10.1. The highest BCUT2D eigenvalue weighted by atomic mass is 15.3. The van der Waals surface area contributed by atoms with Crippen LogP contribution in [0.15, 0.2) is 24.4 Å². The maximum Gasteiger partial charge on any atom is 0.0926 e. The highest BCUT2D eigenvalue weighted by Gasteiger charge is 2.05. The summed E-state index contributed by atoms with van der Waals surface area (Å²) in [6.07, 6.45) is 2.07. The van der Waals surface area contributed by atoms with Gasteiger partial charge in [0, 0.05) is 23.7 Å². The van der Waals surface area contributed by atoms with Gasteiger partial charge in [0.05, 0.1) is 5.52 Å². The van der Waals surface area contributed by atoms with E-state index in [1.807, 2.05) is 11.6 Å². The Hall–Kier alpha value is -1.35. The molecule has 0 amide bonds. The minimum atomic E-state index is 0.0681. The highest BCUT2D eigenvalue weighted by molar-refractivity contribution is 5.78. The molecule has 1 unspecified atom stereocenters. The van der Waals surface area contributed by atoms with Gasteiger partial charge in [-0.2, -0.15) is 5.10 Å². The molecule has 0 bridgehead atoms. The summed E-state index contributed by atoms with van der Waals surface area (Å²) in [5.74, 6) is 0. The van der Waals surface area contributed by atoms with Gasteiger partial charge in [-0.05, 0) is 32.4 Å². The Morgan fingerprint density at radius 1 is 1.27 bits per heavy atom. The van der Waals surface area contributed by atoms with Crippen molar-refractivity contribution in [3.05, 3.63) is 30.0 Å². The van der Waals surface area contributed by atoms with Crippen molar-refractivity contribution in [3.63, 3.8) is 0 Å². The van der Waals surface area contributed by atoms with Crippen LogP contribution in [0.5, 0.6) is 0 Å². The van der Waals surface area contributed by atoms with Crippen LogP contribution in [-0.2, 0) is 0 Å². The molecule has 0 spiro atoms. The minimum Gasteiger partial charge on any atom is -0.324 e. The Kier molecular flexibility index (Phi) is 2.49. The first-order valence-corrected chi connectivity index (χ1v) is 5.32. The van der Waals surface area contributed by atoms with E-state index in [2.05, 4.69) is 43.3 Å². The summed E-state index contributed by atoms with van der Waals surface area (Å²) in [6.45, 7) is 6.23. The fourth-order valence-corrected chi connectivity index (χ4v) is 1.60. The predicted molar refractivity (Wildman–Crippen MR) is 62.7 cm³/mol. The number of rotatable bonds is 2. The third-order valence-electron chi connectivity index (χ3n) is 2.60. The average molecular weight is 203 g/mol. The standard InChI is InChI=1S/C12H17N3/c1-8(2)15-7-11-5-4-10(9(3)13)6-12(11)14-15/h4-9H,13H2,1-3H3. The van der Waals surface area contributed by atoms with E-state index < -0.39 is 0 Å². The molecule has 2 rings (SSSR count). The van der Waals surface area contributed by atoms with Crippen LogP contribution in [0.3, 0.4) is 0 Å². The van der Waals surface area contributed by atoms with Gasteiger partial charge in [0.15, 0.2) is 0 Å². The van der Waals surface area contributed by atoms with Crippen LogP contribution < -0.4 is 5.73 Å². The maximum absolute atomic E-state index is 5.84. The number of nitrogens with two attached hydrogens (primary N) is 1. The highest BCUT2D eigenvalue weighted by Crippen LogP contribution is 2.19. The summed E-state index contributed by atoms with van der Waals surface area (Å²) < 4.78 is 1.98. The molecule has 15 heavy (non-hydrogen) atoms. The zero-order valence-corrected chi connectivity index (χ0v) is 9.44. The summed E-state index contributed by atoms with van der Waals surface area (Å²) in [5, 5.41) is 5.69. The summed E-state index contributed by atoms with van der Waals surface area (Å²) >= 11 is 0. The van der Waals surface area contributed by atoms with E-state index in [-0.39, 0.29) is 6.04 Å². The Morgan fingerprint density at radius 2 is 2.00 bits per heavy atom. The first kappa shape index (κ1) is 10.2. The number of hydrogen-bond donors (Lipinski definition) is 1. The average Bonchev–Trinajstić information content (AvgIpc) is 2.59. The zero-order chi connectivity index (χ0) is 11.0. The number of benzene rings is 1. The number of aromatic nitrogens is 2. The van der Waals surface area contributed by atoms with Crippen LogP contribution in [0.25, 0.3) is 10.9 Å². The zero-order valence-electron chi connectivity index (χ0n) is 9.44. The van der Waals surface area contributed by atoms with Crippen molar-refractivity contribution in [1.29, 1.82) is 0 Å². The van der Waals surface area contributed by atoms with E-state index in [0.29, 0.717) is 6.04 Å². The lowest BCUT2D eigenvalue weighted by Crippen LogP contribution is -2.04. The molecule has 1 aromatic carbocycles. The third-order valence-corrected chi connectivity index (χ3v) is 2.60. The molecule has 0 aliphatic heterocycles. The topological polar surface area (TPSA) is 43.8 Å². The van der Waals surface area contributed by atoms with E-state index in [0.717, 1.165) is 11.1 Å². The molecule has 3 heteroatoms. The van der Waals surface area contributed by atoms with Crippen molar-refractivity contribution in [2.45, 2.75) is 32.9 Å². The predicted octanol–water partition coefficient (Wildman–Crippen LogP) is 2.64. The Labute approximate surface area is 89.9 Å². The van der Waals surface area contributed by atoms with Gasteiger partial charge in [0.1, 0.15) is 0 Å². The molecule has 2 N–H and O–H groups in total. The first-order chi connectivity index (χ1) is 7.08. The monoisotopic (exact) mass is 203 g/mol. The molecule has 0 aliphatic carbocycles. The molecule has 1 atom stereocenters. The van der Waals surface area contributed by atoms with Crippen LogP contribution in [-0.4, -0.2) is 9.78 Å². The van der Waals surface area contributed by atoms with Crippen LogP contribution in [0, 0.1) is 0 Å². The van der Waals surface area contributed by atoms with Gasteiger partial charge < -0.3 is 5.73 Å². The van der Waals surface area contributed by atoms with Crippen molar-refractivity contribution < 1.29 is 0 Å². The van der Waals surface area contributed by atoms with Crippen LogP contribution in [0.1, 0.15) is 38.4 Å². The molecular weight excluding hydrogens is 186 g/mol. The van der Waals surface area contributed by atoms with E-state index in [1.165, 1.54) is 5.39 Å². The van der Waals surface area contributed by atoms with Crippen molar-refractivity contribution in [2.24, 2.45) is 5.73 Å². The molecule has 0 saturated heterocycles. The molecule has 1 heterocycles. The fourth-order valence-electron chi connectivity index (χ4n) is 1.60. The number of hydrogen-bond acceptors (Lipinski definition) is 2. The normalized spacial score (nSPS) is 13.7. The molecule has 1 aromatic heterocycles. The largest absolute Gasteiger partial charge is 0.324 e. The number of fused-ring (bicyclic) bond motifs is 1. The van der Waals surface area contributed by atoms with Crippen molar-refractivity contribution in [2.75, 3.05) is 0 Å². The van der Waals surface area contributed by atoms with Gasteiger partial charge in [-0.1, -0.05) is 12.1 Å². The Balaban J connectivity index is 2.52. The van der Waals surface area contributed by atoms with Gasteiger partial charge >= 0.3 is 0 Å². The minimum absolute atomic E-state index is 0.0681. The van der Waals surface area contributed by atoms with Gasteiger partial charge in [0.25, 0.3) is 0 Å². The van der Waals surface area contributed by atoms with Gasteiger partial charge in [-0.15, -0.1) is 0 Å². The Morgan fingerprint density at radius 3 is 2.60 bits per heavy atom. The molecule has 0 fully saturated rings. The second-order valence-electron chi connectivity index (χ2n) is 4.31. The summed E-state index contributed by atoms with van der Waals surface area (Å²) in [5.41, 5.74) is 8.00. The first-order valence-electron chi connectivity index (χ1n) is 5.32. The lowest BCUT2D eigenvalue weighted by Gasteiger charge is -2.03. The molecule has 0 saturated carbocycles. The SMILES string of the molecule is CC(N)c1ccc2cn(C(C)C)nc2c1. The van der Waals surface area contributed by atoms with E-state index >= 15 is 0 Å². The van der Waals surface area contributed by atoms with E-state index in [1.54, 1.807) is 0 Å². The van der Waals surface area contributed by atoms with E-state index in [4.69, 9.17) is 5.73 Å². The second kappa shape index (κ2) is 3.66. The van der Waals surface area contributed by atoms with Gasteiger partial charge in [0.2, 0.25) is 0 Å². The van der Waals surface area contributed by atoms with Gasteiger partial charge in [-0.25, -0.2) is 0 Å². The summed E-state index contributed by atoms with van der Waals surface area (Å²) in [7, 11) is 0. The van der Waals surface area contributed by atoms with Crippen LogP contribution >= 0.6 is 0 Å². The lowest BCUT2D eigenvalue weighted by molar-refractivity contribution is 0.537. The molecular formula is C12H17N3. The molecule has 0 radical (unpaired) electrons. The van der Waals surface area contributed by atoms with Gasteiger partial charge in [-0.3, -0.25) is 4.68 Å². The molecule has 3 nitrogen and oxygen atoms in total. The number of nitrogens with zero attached hydrogens (tertiary/aromatic N) is 2. The maximum atomic E-state index is 5.84. The van der Waals surface area contributed by atoms with E-state index in [9.17, 15) is 0 Å². The van der Waals surface area contributed by atoms with Crippen molar-refractivity contribution in [1.82, 2.24) is 9.78 Å². The van der Waals surface area contributed by atoms with Crippen LogP contribution in [0.4, 0.5) is 0 Å². The Bertz CT molecular complexity index is 463. The quantitative estimate of drug-likeness (QED) is 0.815. The smallest absolute Gasteiger partial charge is 0.0926 e. The van der Waals surface area contributed by atoms with Crippen LogP contribution in [0.2, 0.25) is 0 Å². The summed E-state index contributed by atoms with van der Waals surface area (Å²) in [4.78, 5) is 0. The fraction of sp³-hybridized carbons (Fsp3) is 0.417.